The van der Waals surface area contributed by atoms with Gasteiger partial charge in [0.1, 0.15) is 6.33 Å². The summed E-state index contributed by atoms with van der Waals surface area (Å²) < 4.78 is 4.94. The van der Waals surface area contributed by atoms with E-state index in [1.165, 1.54) is 17.1 Å². The van der Waals surface area contributed by atoms with E-state index in [-0.39, 0.29) is 0 Å². The molecule has 3 nitrogen and oxygen atoms in total. The van der Waals surface area contributed by atoms with E-state index in [0.29, 0.717) is 0 Å². The smallest absolute Gasteiger partial charge is 0.170 e. The van der Waals surface area contributed by atoms with Crippen molar-refractivity contribution < 1.29 is 0 Å². The lowest BCUT2D eigenvalue weighted by Gasteiger charge is -1.98. The van der Waals surface area contributed by atoms with E-state index >= 15 is 0 Å². The van der Waals surface area contributed by atoms with Gasteiger partial charge in [-0.15, -0.1) is 0 Å². The third-order valence-electron chi connectivity index (χ3n) is 1.68. The van der Waals surface area contributed by atoms with Crippen LogP contribution < -0.4 is 5.73 Å². The number of aromatic nitrogens is 2. The summed E-state index contributed by atoms with van der Waals surface area (Å²) in [5, 5.41) is 0. The molecule has 0 amide bonds. The normalized spacial score (nSPS) is 10.3. The van der Waals surface area contributed by atoms with Gasteiger partial charge in [0.15, 0.2) is 4.34 Å². The molecule has 1 heterocycles. The molecule has 0 aliphatic rings. The number of rotatable bonds is 3. The zero-order valence-corrected chi connectivity index (χ0v) is 9.02. The fourth-order valence-electron chi connectivity index (χ4n) is 0.985. The van der Waals surface area contributed by atoms with E-state index in [1.54, 1.807) is 18.1 Å². The number of benzene rings is 1. The molecule has 0 aliphatic carbocycles. The van der Waals surface area contributed by atoms with Gasteiger partial charge in [-0.2, -0.15) is 4.37 Å². The molecule has 0 fully saturated rings. The predicted molar refractivity (Wildman–Crippen MR) is 60.3 cm³/mol. The molecule has 0 aliphatic heterocycles. The van der Waals surface area contributed by atoms with Gasteiger partial charge in [0, 0.05) is 11.4 Å². The largest absolute Gasteiger partial charge is 0.399 e. The molecular formula is C9H9N3S2. The second-order valence-electron chi connectivity index (χ2n) is 2.74. The Kier molecular flexibility index (Phi) is 3.00. The van der Waals surface area contributed by atoms with Crippen molar-refractivity contribution in [2.75, 3.05) is 5.73 Å². The van der Waals surface area contributed by atoms with Crippen LogP contribution in [-0.4, -0.2) is 9.36 Å². The van der Waals surface area contributed by atoms with Crippen LogP contribution in [0.2, 0.25) is 0 Å². The minimum atomic E-state index is 0.801. The molecule has 0 unspecified atom stereocenters. The number of nitrogens with two attached hydrogens (primary N) is 1. The average Bonchev–Trinajstić information content (AvgIpc) is 2.70. The van der Waals surface area contributed by atoms with Gasteiger partial charge in [0.05, 0.1) is 0 Å². The standard InChI is InChI=1S/C9H9N3S2/c10-8-3-1-7(2-4-8)5-13-9-11-6-12-14-9/h1-4,6H,5,10H2. The first-order valence-electron chi connectivity index (χ1n) is 4.08. The summed E-state index contributed by atoms with van der Waals surface area (Å²) in [6.45, 7) is 0. The summed E-state index contributed by atoms with van der Waals surface area (Å²) in [6.07, 6.45) is 1.58. The number of hydrogen-bond acceptors (Lipinski definition) is 5. The fraction of sp³-hybridized carbons (Fsp3) is 0.111. The monoisotopic (exact) mass is 223 g/mol. The topological polar surface area (TPSA) is 51.8 Å². The highest BCUT2D eigenvalue weighted by Crippen LogP contribution is 2.23. The number of nitrogens with zero attached hydrogens (tertiary/aromatic N) is 2. The maximum absolute atomic E-state index is 5.59. The second kappa shape index (κ2) is 4.43. The second-order valence-corrected chi connectivity index (χ2v) is 4.74. The van der Waals surface area contributed by atoms with Gasteiger partial charge in [-0.3, -0.25) is 0 Å². The first-order valence-corrected chi connectivity index (χ1v) is 5.84. The van der Waals surface area contributed by atoms with Crippen LogP contribution in [0.15, 0.2) is 34.9 Å². The van der Waals surface area contributed by atoms with Gasteiger partial charge in [-0.1, -0.05) is 23.9 Å². The van der Waals surface area contributed by atoms with E-state index in [9.17, 15) is 0 Å². The molecule has 0 bridgehead atoms. The lowest BCUT2D eigenvalue weighted by molar-refractivity contribution is 1.21. The van der Waals surface area contributed by atoms with Crippen LogP contribution in [0.5, 0.6) is 0 Å². The molecule has 14 heavy (non-hydrogen) atoms. The third kappa shape index (κ3) is 2.46. The molecule has 2 aromatic rings. The Morgan fingerprint density at radius 3 is 2.71 bits per heavy atom. The van der Waals surface area contributed by atoms with E-state index in [4.69, 9.17) is 5.73 Å². The molecule has 72 valence electrons. The minimum absolute atomic E-state index is 0.801. The first kappa shape index (κ1) is 9.48. The molecule has 1 aromatic heterocycles. The summed E-state index contributed by atoms with van der Waals surface area (Å²) in [5.74, 6) is 0.912. The van der Waals surface area contributed by atoms with E-state index in [2.05, 4.69) is 9.36 Å². The molecular weight excluding hydrogens is 214 g/mol. The molecule has 5 heteroatoms. The Balaban J connectivity index is 1.95. The average molecular weight is 223 g/mol. The van der Waals surface area contributed by atoms with Crippen molar-refractivity contribution >= 4 is 29.0 Å². The van der Waals surface area contributed by atoms with Gasteiger partial charge in [0.2, 0.25) is 0 Å². The lowest BCUT2D eigenvalue weighted by atomic mass is 10.2. The molecule has 0 saturated carbocycles. The Bertz CT molecular complexity index is 383. The van der Waals surface area contributed by atoms with Crippen LogP contribution in [0.25, 0.3) is 0 Å². The van der Waals surface area contributed by atoms with Gasteiger partial charge in [-0.05, 0) is 29.2 Å². The summed E-state index contributed by atoms with van der Waals surface area (Å²) in [4.78, 5) is 4.09. The van der Waals surface area contributed by atoms with Crippen LogP contribution in [0, 0.1) is 0 Å². The lowest BCUT2D eigenvalue weighted by Crippen LogP contribution is -1.85. The highest BCUT2D eigenvalue weighted by atomic mass is 32.2. The van der Waals surface area contributed by atoms with Gasteiger partial charge < -0.3 is 5.73 Å². The fourth-order valence-corrected chi connectivity index (χ4v) is 2.39. The zero-order valence-electron chi connectivity index (χ0n) is 7.38. The number of anilines is 1. The number of nitrogen functional groups attached to an aromatic ring is 1. The summed E-state index contributed by atoms with van der Waals surface area (Å²) >= 11 is 3.11. The van der Waals surface area contributed by atoms with E-state index < -0.39 is 0 Å². The summed E-state index contributed by atoms with van der Waals surface area (Å²) in [5.41, 5.74) is 7.64. The molecule has 0 radical (unpaired) electrons. The predicted octanol–water partition coefficient (Wildman–Crippen LogP) is 2.41. The summed E-state index contributed by atoms with van der Waals surface area (Å²) in [6, 6.07) is 7.89. The van der Waals surface area contributed by atoms with Crippen molar-refractivity contribution in [3.8, 4) is 0 Å². The van der Waals surface area contributed by atoms with Crippen LogP contribution >= 0.6 is 23.3 Å². The highest BCUT2D eigenvalue weighted by Gasteiger charge is 1.98. The van der Waals surface area contributed by atoms with Crippen LogP contribution in [0.3, 0.4) is 0 Å². The van der Waals surface area contributed by atoms with E-state index in [0.717, 1.165) is 15.8 Å². The molecule has 0 spiro atoms. The van der Waals surface area contributed by atoms with Crippen molar-refractivity contribution in [2.45, 2.75) is 10.1 Å². The van der Waals surface area contributed by atoms with Crippen LogP contribution in [0.4, 0.5) is 5.69 Å². The van der Waals surface area contributed by atoms with Crippen molar-refractivity contribution in [1.29, 1.82) is 0 Å². The molecule has 2 rings (SSSR count). The SMILES string of the molecule is Nc1ccc(CSc2ncns2)cc1. The van der Waals surface area contributed by atoms with Crippen molar-refractivity contribution in [2.24, 2.45) is 0 Å². The van der Waals surface area contributed by atoms with Crippen molar-refractivity contribution in [3.63, 3.8) is 0 Å². The molecule has 2 N–H and O–H groups in total. The zero-order chi connectivity index (χ0) is 9.80. The van der Waals surface area contributed by atoms with Crippen molar-refractivity contribution in [1.82, 2.24) is 9.36 Å². The van der Waals surface area contributed by atoms with Gasteiger partial charge in [-0.25, -0.2) is 4.98 Å². The van der Waals surface area contributed by atoms with E-state index in [1.807, 2.05) is 24.3 Å². The van der Waals surface area contributed by atoms with Gasteiger partial charge in [0.25, 0.3) is 0 Å². The third-order valence-corrected chi connectivity index (χ3v) is 3.55. The Hall–Kier alpha value is -1.07. The van der Waals surface area contributed by atoms with Gasteiger partial charge >= 0.3 is 0 Å². The highest BCUT2D eigenvalue weighted by molar-refractivity contribution is 8.00. The Labute approximate surface area is 90.5 Å². The Morgan fingerprint density at radius 2 is 2.07 bits per heavy atom. The summed E-state index contributed by atoms with van der Waals surface area (Å²) in [7, 11) is 0. The number of hydrogen-bond donors (Lipinski definition) is 1. The quantitative estimate of drug-likeness (QED) is 0.641. The van der Waals surface area contributed by atoms with Crippen LogP contribution in [-0.2, 0) is 5.75 Å². The maximum Gasteiger partial charge on any atom is 0.170 e. The molecule has 1 aromatic carbocycles. The van der Waals surface area contributed by atoms with Crippen molar-refractivity contribution in [3.05, 3.63) is 36.2 Å². The maximum atomic E-state index is 5.59. The minimum Gasteiger partial charge on any atom is -0.399 e. The number of thioether (sulfide) groups is 1. The van der Waals surface area contributed by atoms with Crippen LogP contribution in [0.1, 0.15) is 5.56 Å². The first-order chi connectivity index (χ1) is 6.84. The molecule has 0 atom stereocenters. The Morgan fingerprint density at radius 1 is 1.29 bits per heavy atom. The molecule has 0 saturated heterocycles.